The Morgan fingerprint density at radius 2 is 1.95 bits per heavy atom. The number of rotatable bonds is 3. The van der Waals surface area contributed by atoms with Crippen LogP contribution in [0.15, 0.2) is 42.7 Å². The highest BCUT2D eigenvalue weighted by molar-refractivity contribution is 5.98. The van der Waals surface area contributed by atoms with E-state index in [9.17, 15) is 4.79 Å². The van der Waals surface area contributed by atoms with Crippen molar-refractivity contribution in [2.75, 3.05) is 25.0 Å². The fraction of sp³-hybridized carbons (Fsp3) is 0.412. The Labute approximate surface area is 130 Å². The molecule has 0 unspecified atom stereocenters. The van der Waals surface area contributed by atoms with Gasteiger partial charge in [-0.15, -0.1) is 0 Å². The summed E-state index contributed by atoms with van der Waals surface area (Å²) in [6.45, 7) is 3.70. The third-order valence-corrected chi connectivity index (χ3v) is 4.50. The molecule has 1 aliphatic rings. The zero-order valence-corrected chi connectivity index (χ0v) is 13.1. The highest BCUT2D eigenvalue weighted by Crippen LogP contribution is 2.30. The minimum absolute atomic E-state index is 0.0987. The summed E-state index contributed by atoms with van der Waals surface area (Å²) in [5, 5.41) is 7.70. The summed E-state index contributed by atoms with van der Waals surface area (Å²) in [5.41, 5.74) is 1.52. The van der Waals surface area contributed by atoms with Crippen LogP contribution in [-0.4, -0.2) is 35.8 Å². The molecule has 1 aliphatic heterocycles. The van der Waals surface area contributed by atoms with E-state index >= 15 is 0 Å². The quantitative estimate of drug-likeness (QED) is 0.942. The minimum Gasteiger partial charge on any atom is -0.317 e. The second kappa shape index (κ2) is 5.93. The number of piperidine rings is 1. The number of carbonyl (C=O) groups is 1. The maximum atomic E-state index is 13.2. The van der Waals surface area contributed by atoms with Crippen LogP contribution in [0.25, 0.3) is 0 Å². The fourth-order valence-electron chi connectivity index (χ4n) is 3.10. The molecule has 2 heterocycles. The molecule has 2 aromatic rings. The number of benzene rings is 1. The van der Waals surface area contributed by atoms with Gasteiger partial charge in [0.15, 0.2) is 0 Å². The van der Waals surface area contributed by atoms with Gasteiger partial charge in [-0.2, -0.15) is 5.10 Å². The van der Waals surface area contributed by atoms with Crippen molar-refractivity contribution in [2.24, 2.45) is 0 Å². The number of carbonyl (C=O) groups excluding carboxylic acids is 1. The number of anilines is 1. The van der Waals surface area contributed by atoms with Gasteiger partial charge in [0.1, 0.15) is 5.54 Å². The zero-order chi connectivity index (χ0) is 15.6. The highest BCUT2D eigenvalue weighted by atomic mass is 16.2. The number of hydrogen-bond acceptors (Lipinski definition) is 3. The SMILES string of the molecule is Cc1ccc(N(C)C(=O)C2(n3cccn3)CCNCC2)cc1. The molecule has 116 valence electrons. The number of amides is 1. The molecule has 0 aliphatic carbocycles. The van der Waals surface area contributed by atoms with E-state index in [2.05, 4.69) is 10.4 Å². The molecule has 1 aromatic carbocycles. The van der Waals surface area contributed by atoms with E-state index in [-0.39, 0.29) is 5.91 Å². The molecule has 5 heteroatoms. The van der Waals surface area contributed by atoms with E-state index in [4.69, 9.17) is 0 Å². The van der Waals surface area contributed by atoms with Crippen molar-refractivity contribution in [2.45, 2.75) is 25.3 Å². The minimum atomic E-state index is -0.589. The largest absolute Gasteiger partial charge is 0.317 e. The van der Waals surface area contributed by atoms with Crippen molar-refractivity contribution in [1.29, 1.82) is 0 Å². The molecule has 0 radical (unpaired) electrons. The number of nitrogens with one attached hydrogen (secondary N) is 1. The molecule has 1 saturated heterocycles. The first-order valence-corrected chi connectivity index (χ1v) is 7.69. The summed E-state index contributed by atoms with van der Waals surface area (Å²) in [6.07, 6.45) is 5.14. The lowest BCUT2D eigenvalue weighted by Gasteiger charge is -2.39. The van der Waals surface area contributed by atoms with Crippen LogP contribution >= 0.6 is 0 Å². The summed E-state index contributed by atoms with van der Waals surface area (Å²) in [6, 6.07) is 9.92. The summed E-state index contributed by atoms with van der Waals surface area (Å²) >= 11 is 0. The molecular formula is C17H22N4O. The van der Waals surface area contributed by atoms with Gasteiger partial charge in [-0.3, -0.25) is 9.48 Å². The molecule has 1 fully saturated rings. The molecule has 1 N–H and O–H groups in total. The molecule has 1 aromatic heterocycles. The second-order valence-corrected chi connectivity index (χ2v) is 5.93. The predicted octanol–water partition coefficient (Wildman–Crippen LogP) is 1.93. The molecule has 0 bridgehead atoms. The van der Waals surface area contributed by atoms with Gasteiger partial charge < -0.3 is 10.2 Å². The monoisotopic (exact) mass is 298 g/mol. The highest BCUT2D eigenvalue weighted by Gasteiger charge is 2.43. The molecule has 22 heavy (non-hydrogen) atoms. The smallest absolute Gasteiger partial charge is 0.254 e. The van der Waals surface area contributed by atoms with E-state index in [1.165, 1.54) is 5.56 Å². The second-order valence-electron chi connectivity index (χ2n) is 5.93. The third-order valence-electron chi connectivity index (χ3n) is 4.50. The average Bonchev–Trinajstić information content (AvgIpc) is 3.10. The predicted molar refractivity (Wildman–Crippen MR) is 86.9 cm³/mol. The van der Waals surface area contributed by atoms with Gasteiger partial charge in [0.2, 0.25) is 0 Å². The van der Waals surface area contributed by atoms with Gasteiger partial charge in [-0.05, 0) is 51.1 Å². The standard InChI is InChI=1S/C17H22N4O/c1-14-4-6-15(7-5-14)20(2)16(22)17(8-11-18-12-9-17)21-13-3-10-19-21/h3-7,10,13,18H,8-9,11-12H2,1-2H3. The fourth-order valence-corrected chi connectivity index (χ4v) is 3.10. The Morgan fingerprint density at radius 1 is 1.27 bits per heavy atom. The van der Waals surface area contributed by atoms with Gasteiger partial charge in [0.25, 0.3) is 5.91 Å². The van der Waals surface area contributed by atoms with Gasteiger partial charge in [0, 0.05) is 25.1 Å². The van der Waals surface area contributed by atoms with Crippen LogP contribution in [0.4, 0.5) is 5.69 Å². The topological polar surface area (TPSA) is 50.2 Å². The molecular weight excluding hydrogens is 276 g/mol. The van der Waals surface area contributed by atoms with Crippen molar-refractivity contribution in [3.05, 3.63) is 48.3 Å². The number of hydrogen-bond donors (Lipinski definition) is 1. The lowest BCUT2D eigenvalue weighted by Crippen LogP contribution is -2.55. The van der Waals surface area contributed by atoms with E-state index in [0.29, 0.717) is 0 Å². The van der Waals surface area contributed by atoms with Gasteiger partial charge >= 0.3 is 0 Å². The molecule has 5 nitrogen and oxygen atoms in total. The summed E-state index contributed by atoms with van der Waals surface area (Å²) in [5.74, 6) is 0.0987. The van der Waals surface area contributed by atoms with Crippen LogP contribution in [0.3, 0.4) is 0 Å². The Morgan fingerprint density at radius 3 is 2.55 bits per heavy atom. The normalized spacial score (nSPS) is 17.2. The maximum absolute atomic E-state index is 13.2. The van der Waals surface area contributed by atoms with Crippen molar-refractivity contribution >= 4 is 11.6 Å². The molecule has 3 rings (SSSR count). The first-order valence-electron chi connectivity index (χ1n) is 7.69. The van der Waals surface area contributed by atoms with Gasteiger partial charge in [0.05, 0.1) is 0 Å². The van der Waals surface area contributed by atoms with E-state index < -0.39 is 5.54 Å². The Balaban J connectivity index is 1.94. The Kier molecular flexibility index (Phi) is 3.98. The van der Waals surface area contributed by atoms with Crippen LogP contribution < -0.4 is 10.2 Å². The van der Waals surface area contributed by atoms with Gasteiger partial charge in [-0.25, -0.2) is 0 Å². The first-order chi connectivity index (χ1) is 10.6. The average molecular weight is 298 g/mol. The number of likely N-dealkylation sites (N-methyl/N-ethyl adjacent to an activating group) is 1. The van der Waals surface area contributed by atoms with Crippen LogP contribution in [-0.2, 0) is 10.3 Å². The summed E-state index contributed by atoms with van der Waals surface area (Å²) in [7, 11) is 1.85. The van der Waals surface area contributed by atoms with Crippen molar-refractivity contribution < 1.29 is 4.79 Å². The maximum Gasteiger partial charge on any atom is 0.254 e. The van der Waals surface area contributed by atoms with Crippen molar-refractivity contribution in [3.63, 3.8) is 0 Å². The lowest BCUT2D eigenvalue weighted by molar-refractivity contribution is -0.128. The Bertz CT molecular complexity index is 627. The molecule has 0 atom stereocenters. The van der Waals surface area contributed by atoms with Gasteiger partial charge in [-0.1, -0.05) is 17.7 Å². The van der Waals surface area contributed by atoms with Crippen molar-refractivity contribution in [1.82, 2.24) is 15.1 Å². The summed E-state index contributed by atoms with van der Waals surface area (Å²) in [4.78, 5) is 15.0. The number of aryl methyl sites for hydroxylation is 1. The van der Waals surface area contributed by atoms with E-state index in [0.717, 1.165) is 31.6 Å². The molecule has 0 spiro atoms. The number of aromatic nitrogens is 2. The lowest BCUT2D eigenvalue weighted by atomic mass is 9.86. The van der Waals surface area contributed by atoms with E-state index in [1.54, 1.807) is 11.1 Å². The third kappa shape index (κ3) is 2.52. The van der Waals surface area contributed by atoms with E-state index in [1.807, 2.05) is 55.2 Å². The van der Waals surface area contributed by atoms with Crippen LogP contribution in [0.2, 0.25) is 0 Å². The van der Waals surface area contributed by atoms with Crippen LogP contribution in [0.1, 0.15) is 18.4 Å². The summed E-state index contributed by atoms with van der Waals surface area (Å²) < 4.78 is 1.83. The first kappa shape index (κ1) is 14.8. The van der Waals surface area contributed by atoms with Crippen LogP contribution in [0, 0.1) is 6.92 Å². The Hall–Kier alpha value is -2.14. The van der Waals surface area contributed by atoms with Crippen LogP contribution in [0.5, 0.6) is 0 Å². The van der Waals surface area contributed by atoms with Crippen molar-refractivity contribution in [3.8, 4) is 0 Å². The zero-order valence-electron chi connectivity index (χ0n) is 13.1. The molecule has 1 amide bonds. The molecule has 0 saturated carbocycles. The number of nitrogens with zero attached hydrogens (tertiary/aromatic N) is 3.